The molecule has 1 atom stereocenters. The van der Waals surface area contributed by atoms with Crippen LogP contribution in [0.3, 0.4) is 0 Å². The van der Waals surface area contributed by atoms with Crippen LogP contribution in [0.1, 0.15) is 29.7 Å². The van der Waals surface area contributed by atoms with Crippen LogP contribution < -0.4 is 10.1 Å². The Bertz CT molecular complexity index is 1200. The molecule has 33 heavy (non-hydrogen) atoms. The van der Waals surface area contributed by atoms with Gasteiger partial charge in [-0.15, -0.1) is 0 Å². The average Bonchev–Trinajstić information content (AvgIpc) is 2.80. The molecule has 174 valence electrons. The summed E-state index contributed by atoms with van der Waals surface area (Å²) in [4.78, 5) is 12.9. The van der Waals surface area contributed by atoms with Gasteiger partial charge in [-0.1, -0.05) is 48.0 Å². The Labute approximate surface area is 194 Å². The third kappa shape index (κ3) is 6.18. The van der Waals surface area contributed by atoms with Crippen LogP contribution in [0, 0.1) is 12.7 Å². The molecule has 0 heterocycles. The molecule has 1 amide bonds. The molecule has 3 aromatic rings. The summed E-state index contributed by atoms with van der Waals surface area (Å²) in [5, 5.41) is 2.82. The Balaban J connectivity index is 1.83. The highest BCUT2D eigenvalue weighted by molar-refractivity contribution is 7.89. The van der Waals surface area contributed by atoms with Crippen molar-refractivity contribution in [1.29, 1.82) is 0 Å². The Hall–Kier alpha value is -3.23. The number of nitrogens with one attached hydrogen (secondary N) is 1. The van der Waals surface area contributed by atoms with Gasteiger partial charge < -0.3 is 10.1 Å². The van der Waals surface area contributed by atoms with Gasteiger partial charge in [0, 0.05) is 12.1 Å². The van der Waals surface area contributed by atoms with Crippen molar-refractivity contribution in [2.24, 2.45) is 0 Å². The summed E-state index contributed by atoms with van der Waals surface area (Å²) in [6, 6.07) is 19.1. The van der Waals surface area contributed by atoms with Gasteiger partial charge in [0.05, 0.1) is 24.6 Å². The second-order valence-electron chi connectivity index (χ2n) is 7.74. The highest BCUT2D eigenvalue weighted by Crippen LogP contribution is 2.21. The number of nitrogens with zero attached hydrogens (tertiary/aromatic N) is 1. The number of amides is 1. The first-order valence-corrected chi connectivity index (χ1v) is 11.9. The molecule has 0 unspecified atom stereocenters. The van der Waals surface area contributed by atoms with Crippen LogP contribution in [0.4, 0.5) is 4.39 Å². The van der Waals surface area contributed by atoms with Crippen molar-refractivity contribution < 1.29 is 22.3 Å². The van der Waals surface area contributed by atoms with Crippen LogP contribution in [0.15, 0.2) is 77.7 Å². The minimum absolute atomic E-state index is 0.0421. The molecule has 1 N–H and O–H groups in total. The van der Waals surface area contributed by atoms with E-state index < -0.39 is 28.3 Å². The van der Waals surface area contributed by atoms with Crippen LogP contribution in [0.25, 0.3) is 0 Å². The lowest BCUT2D eigenvalue weighted by Gasteiger charge is -2.23. The maximum Gasteiger partial charge on any atom is 0.243 e. The number of sulfonamides is 1. The normalized spacial score (nSPS) is 12.4. The molecular weight excluding hydrogens is 443 g/mol. The molecule has 6 nitrogen and oxygen atoms in total. The van der Waals surface area contributed by atoms with Gasteiger partial charge in [0.1, 0.15) is 11.6 Å². The third-order valence-electron chi connectivity index (χ3n) is 5.28. The molecule has 0 saturated carbocycles. The maximum absolute atomic E-state index is 14.3. The predicted molar refractivity (Wildman–Crippen MR) is 125 cm³/mol. The van der Waals surface area contributed by atoms with Crippen molar-refractivity contribution in [3.05, 3.63) is 95.3 Å². The lowest BCUT2D eigenvalue weighted by Crippen LogP contribution is -2.41. The zero-order valence-corrected chi connectivity index (χ0v) is 19.6. The van der Waals surface area contributed by atoms with Gasteiger partial charge in [-0.3, -0.25) is 4.79 Å². The number of benzene rings is 3. The quantitative estimate of drug-likeness (QED) is 0.508. The molecule has 8 heteroatoms. The smallest absolute Gasteiger partial charge is 0.243 e. The summed E-state index contributed by atoms with van der Waals surface area (Å²) in [6.45, 7) is 2.93. The van der Waals surface area contributed by atoms with E-state index in [1.807, 2.05) is 19.1 Å². The number of hydrogen-bond donors (Lipinski definition) is 1. The zero-order chi connectivity index (χ0) is 24.0. The van der Waals surface area contributed by atoms with Gasteiger partial charge in [-0.05, 0) is 49.7 Å². The summed E-state index contributed by atoms with van der Waals surface area (Å²) in [7, 11) is -2.48. The Kier molecular flexibility index (Phi) is 7.84. The highest BCUT2D eigenvalue weighted by atomic mass is 32.2. The summed E-state index contributed by atoms with van der Waals surface area (Å²) in [5.41, 5.74) is 1.93. The molecule has 0 saturated heterocycles. The first-order valence-electron chi connectivity index (χ1n) is 10.4. The number of aryl methyl sites for hydroxylation is 1. The number of hydrogen-bond acceptors (Lipinski definition) is 4. The van der Waals surface area contributed by atoms with E-state index in [1.165, 1.54) is 30.3 Å². The number of halogens is 1. The van der Waals surface area contributed by atoms with Crippen LogP contribution in [0.2, 0.25) is 0 Å². The summed E-state index contributed by atoms with van der Waals surface area (Å²) >= 11 is 0. The molecule has 3 aromatic carbocycles. The second-order valence-corrected chi connectivity index (χ2v) is 9.68. The van der Waals surface area contributed by atoms with Crippen LogP contribution >= 0.6 is 0 Å². The number of rotatable bonds is 9. The topological polar surface area (TPSA) is 75.7 Å². The fraction of sp³-hybridized carbons (Fsp3) is 0.240. The van der Waals surface area contributed by atoms with Gasteiger partial charge in [0.2, 0.25) is 15.9 Å². The first-order chi connectivity index (χ1) is 15.7. The molecular formula is C25H27FN2O4S. The van der Waals surface area contributed by atoms with Gasteiger partial charge in [-0.2, -0.15) is 4.31 Å². The first kappa shape index (κ1) is 24.4. The fourth-order valence-corrected chi connectivity index (χ4v) is 4.70. The molecule has 0 bridgehead atoms. The third-order valence-corrected chi connectivity index (χ3v) is 7.08. The van der Waals surface area contributed by atoms with Crippen molar-refractivity contribution in [2.75, 3.05) is 13.7 Å². The Morgan fingerprint density at radius 2 is 1.67 bits per heavy atom. The van der Waals surface area contributed by atoms with E-state index in [-0.39, 0.29) is 23.0 Å². The minimum atomic E-state index is -4.05. The van der Waals surface area contributed by atoms with Crippen LogP contribution in [-0.4, -0.2) is 32.3 Å². The van der Waals surface area contributed by atoms with E-state index in [1.54, 1.807) is 44.4 Å². The van der Waals surface area contributed by atoms with Gasteiger partial charge >= 0.3 is 0 Å². The van der Waals surface area contributed by atoms with E-state index in [2.05, 4.69) is 5.32 Å². The van der Waals surface area contributed by atoms with E-state index >= 15 is 0 Å². The SMILES string of the molecule is COc1ccc([C@H](C)NC(=O)CN(Cc2ccccc2F)S(=O)(=O)c2ccc(C)cc2)cc1. The van der Waals surface area contributed by atoms with Crippen LogP contribution in [-0.2, 0) is 21.4 Å². The van der Waals surface area contributed by atoms with Crippen LogP contribution in [0.5, 0.6) is 5.75 Å². The van der Waals surface area contributed by atoms with Gasteiger partial charge in [0.25, 0.3) is 0 Å². The highest BCUT2D eigenvalue weighted by Gasteiger charge is 2.28. The van der Waals surface area contributed by atoms with Crippen molar-refractivity contribution in [2.45, 2.75) is 31.3 Å². The summed E-state index contributed by atoms with van der Waals surface area (Å²) in [5.74, 6) is -0.337. The number of carbonyl (C=O) groups is 1. The van der Waals surface area contributed by atoms with E-state index in [0.29, 0.717) is 5.75 Å². The maximum atomic E-state index is 14.3. The molecule has 0 aliphatic heterocycles. The van der Waals surface area contributed by atoms with Gasteiger partial charge in [-0.25, -0.2) is 12.8 Å². The molecule has 0 radical (unpaired) electrons. The minimum Gasteiger partial charge on any atom is -0.497 e. The Morgan fingerprint density at radius 3 is 2.27 bits per heavy atom. The van der Waals surface area contributed by atoms with E-state index in [4.69, 9.17) is 4.74 Å². The van der Waals surface area contributed by atoms with E-state index in [9.17, 15) is 17.6 Å². The van der Waals surface area contributed by atoms with E-state index in [0.717, 1.165) is 15.4 Å². The molecule has 0 aliphatic carbocycles. The average molecular weight is 471 g/mol. The fourth-order valence-electron chi connectivity index (χ4n) is 3.33. The largest absolute Gasteiger partial charge is 0.497 e. The number of methoxy groups -OCH3 is 1. The van der Waals surface area contributed by atoms with Gasteiger partial charge in [0.15, 0.2) is 0 Å². The molecule has 0 spiro atoms. The lowest BCUT2D eigenvalue weighted by molar-refractivity contribution is -0.122. The molecule has 3 rings (SSSR count). The summed E-state index contributed by atoms with van der Waals surface area (Å²) in [6.07, 6.45) is 0. The number of carbonyl (C=O) groups excluding carboxylic acids is 1. The standard InChI is InChI=1S/C25H27FN2O4S/c1-18-8-14-23(15-9-18)33(30,31)28(16-21-6-4-5-7-24(21)26)17-25(29)27-19(2)20-10-12-22(32-3)13-11-20/h4-15,19H,16-17H2,1-3H3,(H,27,29)/t19-/m0/s1. The monoisotopic (exact) mass is 470 g/mol. The van der Waals surface area contributed by atoms with Crippen molar-refractivity contribution in [3.63, 3.8) is 0 Å². The summed E-state index contributed by atoms with van der Waals surface area (Å²) < 4.78 is 47.1. The van der Waals surface area contributed by atoms with Crippen molar-refractivity contribution >= 4 is 15.9 Å². The molecule has 0 aromatic heterocycles. The number of ether oxygens (including phenoxy) is 1. The second kappa shape index (κ2) is 10.6. The lowest BCUT2D eigenvalue weighted by atomic mass is 10.1. The molecule has 0 fully saturated rings. The Morgan fingerprint density at radius 1 is 1.03 bits per heavy atom. The molecule has 0 aliphatic rings. The zero-order valence-electron chi connectivity index (χ0n) is 18.8. The van der Waals surface area contributed by atoms with Crippen molar-refractivity contribution in [3.8, 4) is 5.75 Å². The van der Waals surface area contributed by atoms with Crippen molar-refractivity contribution in [1.82, 2.24) is 9.62 Å². The predicted octanol–water partition coefficient (Wildman–Crippen LogP) is 4.21.